The average Bonchev–Trinajstić information content (AvgIpc) is 2.18. The van der Waals surface area contributed by atoms with Gasteiger partial charge >= 0.3 is 0 Å². The Hall–Kier alpha value is -0.0800. The minimum absolute atomic E-state index is 0.725. The number of hydrogen-bond acceptors (Lipinski definition) is 2. The topological polar surface area (TPSA) is 6.48 Å². The molecule has 2 saturated heterocycles. The number of piperidine rings is 1. The first kappa shape index (κ1) is 12.4. The van der Waals surface area contributed by atoms with E-state index in [0.717, 1.165) is 11.3 Å². The third-order valence-electron chi connectivity index (χ3n) is 4.38. The summed E-state index contributed by atoms with van der Waals surface area (Å²) in [6.07, 6.45) is 5.67. The molecule has 0 N–H and O–H groups in total. The van der Waals surface area contributed by atoms with Crippen molar-refractivity contribution in [1.29, 1.82) is 0 Å². The van der Waals surface area contributed by atoms with Crippen LogP contribution in [0.4, 0.5) is 0 Å². The molecule has 2 heterocycles. The van der Waals surface area contributed by atoms with Gasteiger partial charge in [0.15, 0.2) is 0 Å². The summed E-state index contributed by atoms with van der Waals surface area (Å²) in [7, 11) is 2.25. The van der Waals surface area contributed by atoms with Gasteiger partial charge in [-0.25, -0.2) is 0 Å². The summed E-state index contributed by atoms with van der Waals surface area (Å²) < 4.78 is 0. The van der Waals surface area contributed by atoms with E-state index in [1.54, 1.807) is 0 Å². The van der Waals surface area contributed by atoms with Gasteiger partial charge in [0, 0.05) is 13.1 Å². The van der Waals surface area contributed by atoms with E-state index >= 15 is 0 Å². The van der Waals surface area contributed by atoms with Crippen molar-refractivity contribution >= 4 is 0 Å². The van der Waals surface area contributed by atoms with Crippen LogP contribution >= 0.6 is 0 Å². The first-order valence-corrected chi connectivity index (χ1v) is 7.01. The fourth-order valence-electron chi connectivity index (χ4n) is 3.39. The maximum Gasteiger partial charge on any atom is 0.00484 e. The Kier molecular flexibility index (Phi) is 3.91. The third-order valence-corrected chi connectivity index (χ3v) is 4.38. The molecule has 2 fully saturated rings. The molecule has 2 aliphatic rings. The molecule has 0 atom stereocenters. The van der Waals surface area contributed by atoms with E-state index < -0.39 is 0 Å². The van der Waals surface area contributed by atoms with Crippen LogP contribution in [0.3, 0.4) is 0 Å². The summed E-state index contributed by atoms with van der Waals surface area (Å²) in [5.41, 5.74) is 0.725. The molecule has 1 spiro atoms. The minimum Gasteiger partial charge on any atom is -0.305 e. The molecule has 0 aromatic rings. The molecule has 16 heavy (non-hydrogen) atoms. The molecule has 0 bridgehead atoms. The summed E-state index contributed by atoms with van der Waals surface area (Å²) in [5, 5.41) is 0. The smallest absolute Gasteiger partial charge is 0.00484 e. The second-order valence-corrected chi connectivity index (χ2v) is 6.55. The van der Waals surface area contributed by atoms with Gasteiger partial charge in [0.1, 0.15) is 0 Å². The van der Waals surface area contributed by atoms with E-state index in [1.807, 2.05) is 0 Å². The lowest BCUT2D eigenvalue weighted by Gasteiger charge is -2.53. The van der Waals surface area contributed by atoms with Gasteiger partial charge in [-0.2, -0.15) is 0 Å². The van der Waals surface area contributed by atoms with Gasteiger partial charge in [0.25, 0.3) is 0 Å². The quantitative estimate of drug-likeness (QED) is 0.724. The average molecular weight is 224 g/mol. The zero-order valence-corrected chi connectivity index (χ0v) is 11.3. The van der Waals surface area contributed by atoms with Crippen LogP contribution in [-0.4, -0.2) is 49.6 Å². The van der Waals surface area contributed by atoms with Gasteiger partial charge in [-0.15, -0.1) is 0 Å². The van der Waals surface area contributed by atoms with Crippen molar-refractivity contribution in [2.75, 3.05) is 39.8 Å². The Labute approximate surface area is 101 Å². The van der Waals surface area contributed by atoms with E-state index in [0.29, 0.717) is 0 Å². The highest BCUT2D eigenvalue weighted by atomic mass is 15.2. The van der Waals surface area contributed by atoms with Crippen LogP contribution in [-0.2, 0) is 0 Å². The highest BCUT2D eigenvalue weighted by Gasteiger charge is 2.42. The predicted octanol–water partition coefficient (Wildman–Crippen LogP) is 2.45. The third kappa shape index (κ3) is 2.98. The SMILES string of the molecule is CC(C)CCCN1CCC2(CC1)CN(C)C2. The lowest BCUT2D eigenvalue weighted by Crippen LogP contribution is -2.58. The molecular weight excluding hydrogens is 196 g/mol. The largest absolute Gasteiger partial charge is 0.305 e. The summed E-state index contributed by atoms with van der Waals surface area (Å²) in [6.45, 7) is 11.4. The molecule has 0 unspecified atom stereocenters. The van der Waals surface area contributed by atoms with Gasteiger partial charge in [-0.05, 0) is 63.7 Å². The monoisotopic (exact) mass is 224 g/mol. The van der Waals surface area contributed by atoms with Crippen LogP contribution in [0.25, 0.3) is 0 Å². The maximum absolute atomic E-state index is 2.69. The van der Waals surface area contributed by atoms with E-state index in [4.69, 9.17) is 0 Å². The van der Waals surface area contributed by atoms with Crippen molar-refractivity contribution in [3.05, 3.63) is 0 Å². The van der Waals surface area contributed by atoms with Crippen LogP contribution in [0.1, 0.15) is 39.5 Å². The van der Waals surface area contributed by atoms with Gasteiger partial charge in [0.2, 0.25) is 0 Å². The van der Waals surface area contributed by atoms with Gasteiger partial charge in [0.05, 0.1) is 0 Å². The molecule has 2 nitrogen and oxygen atoms in total. The summed E-state index contributed by atoms with van der Waals surface area (Å²) in [4.78, 5) is 5.15. The molecule has 94 valence electrons. The molecule has 0 aliphatic carbocycles. The van der Waals surface area contributed by atoms with Gasteiger partial charge < -0.3 is 9.80 Å². The zero-order valence-electron chi connectivity index (χ0n) is 11.3. The summed E-state index contributed by atoms with van der Waals surface area (Å²) in [5.74, 6) is 0.872. The van der Waals surface area contributed by atoms with Crippen LogP contribution < -0.4 is 0 Å². The molecule has 0 aromatic carbocycles. The van der Waals surface area contributed by atoms with Crippen LogP contribution in [0.15, 0.2) is 0 Å². The van der Waals surface area contributed by atoms with Crippen LogP contribution in [0.2, 0.25) is 0 Å². The standard InChI is InChI=1S/C14H28N2/c1-13(2)5-4-8-16-9-6-14(7-10-16)11-15(3)12-14/h13H,4-12H2,1-3H3. The van der Waals surface area contributed by atoms with Crippen LogP contribution in [0, 0.1) is 11.3 Å². The zero-order chi connectivity index (χ0) is 11.6. The number of likely N-dealkylation sites (tertiary alicyclic amines) is 2. The normalized spacial score (nSPS) is 26.2. The fourth-order valence-corrected chi connectivity index (χ4v) is 3.39. The Morgan fingerprint density at radius 1 is 1.12 bits per heavy atom. The molecule has 0 radical (unpaired) electrons. The summed E-state index contributed by atoms with van der Waals surface area (Å²) in [6, 6.07) is 0. The second kappa shape index (κ2) is 5.05. The Balaban J connectivity index is 1.62. The molecule has 2 aliphatic heterocycles. The van der Waals surface area contributed by atoms with E-state index in [1.165, 1.54) is 58.4 Å². The lowest BCUT2D eigenvalue weighted by atomic mass is 9.72. The molecular formula is C14H28N2. The van der Waals surface area contributed by atoms with E-state index in [9.17, 15) is 0 Å². The molecule has 0 amide bonds. The number of nitrogens with zero attached hydrogens (tertiary/aromatic N) is 2. The highest BCUT2D eigenvalue weighted by Crippen LogP contribution is 2.39. The van der Waals surface area contributed by atoms with Crippen molar-refractivity contribution < 1.29 is 0 Å². The summed E-state index contributed by atoms with van der Waals surface area (Å²) >= 11 is 0. The molecule has 2 rings (SSSR count). The maximum atomic E-state index is 2.69. The first-order chi connectivity index (χ1) is 7.60. The van der Waals surface area contributed by atoms with Crippen molar-refractivity contribution in [3.63, 3.8) is 0 Å². The van der Waals surface area contributed by atoms with E-state index in [-0.39, 0.29) is 0 Å². The number of hydrogen-bond donors (Lipinski definition) is 0. The Bertz CT molecular complexity index is 209. The van der Waals surface area contributed by atoms with Crippen molar-refractivity contribution in [3.8, 4) is 0 Å². The lowest BCUT2D eigenvalue weighted by molar-refractivity contribution is -0.0315. The number of rotatable bonds is 4. The minimum atomic E-state index is 0.725. The van der Waals surface area contributed by atoms with Crippen molar-refractivity contribution in [2.45, 2.75) is 39.5 Å². The van der Waals surface area contributed by atoms with Crippen LogP contribution in [0.5, 0.6) is 0 Å². The second-order valence-electron chi connectivity index (χ2n) is 6.55. The Morgan fingerprint density at radius 2 is 1.75 bits per heavy atom. The van der Waals surface area contributed by atoms with Gasteiger partial charge in [-0.1, -0.05) is 13.8 Å². The first-order valence-electron chi connectivity index (χ1n) is 7.01. The molecule has 2 heteroatoms. The highest BCUT2D eigenvalue weighted by molar-refractivity contribution is 4.96. The predicted molar refractivity (Wildman–Crippen MR) is 69.7 cm³/mol. The molecule has 0 saturated carbocycles. The van der Waals surface area contributed by atoms with Gasteiger partial charge in [-0.3, -0.25) is 0 Å². The van der Waals surface area contributed by atoms with E-state index in [2.05, 4.69) is 30.7 Å². The Morgan fingerprint density at radius 3 is 2.25 bits per heavy atom. The molecule has 0 aromatic heterocycles. The van der Waals surface area contributed by atoms with Crippen molar-refractivity contribution in [2.24, 2.45) is 11.3 Å². The fraction of sp³-hybridized carbons (Fsp3) is 1.00. The van der Waals surface area contributed by atoms with Crippen molar-refractivity contribution in [1.82, 2.24) is 9.80 Å².